The summed E-state index contributed by atoms with van der Waals surface area (Å²) >= 11 is 0. The number of nitrogens with two attached hydrogens (primary N) is 2. The first-order valence-electron chi connectivity index (χ1n) is 6.45. The summed E-state index contributed by atoms with van der Waals surface area (Å²) in [6, 6.07) is 9.09. The van der Waals surface area contributed by atoms with Crippen LogP contribution in [0.3, 0.4) is 0 Å². The van der Waals surface area contributed by atoms with E-state index in [1.54, 1.807) is 13.0 Å². The number of aryl methyl sites for hydroxylation is 2. The van der Waals surface area contributed by atoms with Crippen LogP contribution in [0.1, 0.15) is 16.7 Å². The molecule has 0 heterocycles. The summed E-state index contributed by atoms with van der Waals surface area (Å²) < 4.78 is 23.3. The highest BCUT2D eigenvalue weighted by molar-refractivity contribution is 7.89. The lowest BCUT2D eigenvalue weighted by molar-refractivity contribution is 0.597. The van der Waals surface area contributed by atoms with Crippen molar-refractivity contribution in [2.75, 3.05) is 11.1 Å². The standard InChI is InChI=1S/C15H19N3O2S/c1-9-4-5-10(2)13(6-9)18-14-7-12(16)8-15(11(14)3)21(17,19)20/h4-8,18H,16H2,1-3H3,(H2,17,19,20). The third-order valence-corrected chi connectivity index (χ3v) is 4.39. The number of benzene rings is 2. The van der Waals surface area contributed by atoms with Crippen LogP contribution < -0.4 is 16.2 Å². The molecule has 2 aromatic rings. The number of nitrogen functional groups attached to an aromatic ring is 1. The van der Waals surface area contributed by atoms with Gasteiger partial charge < -0.3 is 11.1 Å². The van der Waals surface area contributed by atoms with Gasteiger partial charge in [0.2, 0.25) is 10.0 Å². The minimum absolute atomic E-state index is 0.0373. The van der Waals surface area contributed by atoms with Crippen molar-refractivity contribution in [2.45, 2.75) is 25.7 Å². The van der Waals surface area contributed by atoms with E-state index in [1.807, 2.05) is 32.0 Å². The monoisotopic (exact) mass is 305 g/mol. The number of primary sulfonamides is 1. The minimum atomic E-state index is -3.81. The molecule has 0 fully saturated rings. The first kappa shape index (κ1) is 15.3. The van der Waals surface area contributed by atoms with Crippen molar-refractivity contribution in [3.05, 3.63) is 47.0 Å². The van der Waals surface area contributed by atoms with Gasteiger partial charge in [0.15, 0.2) is 0 Å². The van der Waals surface area contributed by atoms with E-state index >= 15 is 0 Å². The number of rotatable bonds is 3. The molecule has 0 saturated carbocycles. The van der Waals surface area contributed by atoms with Gasteiger partial charge in [0.25, 0.3) is 0 Å². The van der Waals surface area contributed by atoms with Crippen molar-refractivity contribution in [1.82, 2.24) is 0 Å². The first-order chi connectivity index (χ1) is 9.68. The summed E-state index contributed by atoms with van der Waals surface area (Å²) in [6.07, 6.45) is 0. The molecule has 21 heavy (non-hydrogen) atoms. The van der Waals surface area contributed by atoms with Gasteiger partial charge in [-0.05, 0) is 55.7 Å². The summed E-state index contributed by atoms with van der Waals surface area (Å²) in [6.45, 7) is 5.67. The van der Waals surface area contributed by atoms with Gasteiger partial charge in [-0.1, -0.05) is 12.1 Å². The Morgan fingerprint density at radius 2 is 1.67 bits per heavy atom. The molecular formula is C15H19N3O2S. The number of hydrogen-bond donors (Lipinski definition) is 3. The van der Waals surface area contributed by atoms with Gasteiger partial charge in [-0.2, -0.15) is 0 Å². The van der Waals surface area contributed by atoms with E-state index in [0.717, 1.165) is 16.8 Å². The van der Waals surface area contributed by atoms with Gasteiger partial charge in [0.05, 0.1) is 4.90 Å². The predicted octanol–water partition coefficient (Wildman–Crippen LogP) is 2.59. The molecule has 0 amide bonds. The third-order valence-electron chi connectivity index (χ3n) is 3.35. The van der Waals surface area contributed by atoms with Crippen LogP contribution in [-0.2, 0) is 10.0 Å². The summed E-state index contributed by atoms with van der Waals surface area (Å²) in [5.41, 5.74) is 10.4. The molecule has 2 rings (SSSR count). The molecule has 0 aliphatic rings. The van der Waals surface area contributed by atoms with Crippen molar-refractivity contribution in [1.29, 1.82) is 0 Å². The van der Waals surface area contributed by atoms with Crippen LogP contribution >= 0.6 is 0 Å². The quantitative estimate of drug-likeness (QED) is 0.759. The fraction of sp³-hybridized carbons (Fsp3) is 0.200. The minimum Gasteiger partial charge on any atom is -0.399 e. The summed E-state index contributed by atoms with van der Waals surface area (Å²) in [5, 5.41) is 8.47. The summed E-state index contributed by atoms with van der Waals surface area (Å²) in [7, 11) is -3.81. The van der Waals surface area contributed by atoms with Crippen LogP contribution in [0.2, 0.25) is 0 Å². The van der Waals surface area contributed by atoms with Gasteiger partial charge >= 0.3 is 0 Å². The van der Waals surface area contributed by atoms with E-state index in [2.05, 4.69) is 5.32 Å². The molecule has 0 saturated heterocycles. The highest BCUT2D eigenvalue weighted by Crippen LogP contribution is 2.30. The number of hydrogen-bond acceptors (Lipinski definition) is 4. The van der Waals surface area contributed by atoms with Gasteiger partial charge in [-0.25, -0.2) is 13.6 Å². The topological polar surface area (TPSA) is 98.2 Å². The lowest BCUT2D eigenvalue weighted by atomic mass is 10.1. The van der Waals surface area contributed by atoms with E-state index in [4.69, 9.17) is 10.9 Å². The van der Waals surface area contributed by atoms with E-state index in [9.17, 15) is 8.42 Å². The Labute approximate surface area is 125 Å². The predicted molar refractivity (Wildman–Crippen MR) is 86.2 cm³/mol. The zero-order valence-electron chi connectivity index (χ0n) is 12.3. The molecule has 0 aliphatic carbocycles. The normalized spacial score (nSPS) is 11.4. The van der Waals surface area contributed by atoms with Gasteiger partial charge in [-0.15, -0.1) is 0 Å². The Kier molecular flexibility index (Phi) is 3.93. The maximum absolute atomic E-state index is 11.6. The molecule has 0 spiro atoms. The lowest BCUT2D eigenvalue weighted by Gasteiger charge is -2.15. The number of nitrogens with one attached hydrogen (secondary N) is 1. The summed E-state index contributed by atoms with van der Waals surface area (Å²) in [5.74, 6) is 0. The number of anilines is 3. The maximum Gasteiger partial charge on any atom is 0.238 e. The molecule has 0 radical (unpaired) electrons. The molecule has 112 valence electrons. The van der Waals surface area contributed by atoms with Crippen LogP contribution in [-0.4, -0.2) is 8.42 Å². The van der Waals surface area contributed by atoms with Crippen molar-refractivity contribution in [3.63, 3.8) is 0 Å². The van der Waals surface area contributed by atoms with Gasteiger partial charge in [0, 0.05) is 17.1 Å². The Morgan fingerprint density at radius 3 is 2.29 bits per heavy atom. The molecule has 5 nitrogen and oxygen atoms in total. The molecule has 0 aromatic heterocycles. The van der Waals surface area contributed by atoms with Crippen molar-refractivity contribution < 1.29 is 8.42 Å². The van der Waals surface area contributed by atoms with Crippen LogP contribution in [0.5, 0.6) is 0 Å². The highest BCUT2D eigenvalue weighted by atomic mass is 32.2. The van der Waals surface area contributed by atoms with E-state index < -0.39 is 10.0 Å². The first-order valence-corrected chi connectivity index (χ1v) is 8.00. The van der Waals surface area contributed by atoms with Crippen LogP contribution in [0.15, 0.2) is 35.2 Å². The second kappa shape index (κ2) is 5.38. The average molecular weight is 305 g/mol. The number of sulfonamides is 1. The average Bonchev–Trinajstić information content (AvgIpc) is 2.36. The fourth-order valence-corrected chi connectivity index (χ4v) is 2.99. The second-order valence-corrected chi connectivity index (χ2v) is 6.71. The Hall–Kier alpha value is -2.05. The molecule has 0 unspecified atom stereocenters. The van der Waals surface area contributed by atoms with Crippen LogP contribution in [0.4, 0.5) is 17.1 Å². The Balaban J connectivity index is 2.55. The van der Waals surface area contributed by atoms with Crippen LogP contribution in [0.25, 0.3) is 0 Å². The fourth-order valence-electron chi connectivity index (χ4n) is 2.15. The molecule has 2 aromatic carbocycles. The largest absolute Gasteiger partial charge is 0.399 e. The highest BCUT2D eigenvalue weighted by Gasteiger charge is 2.16. The molecule has 6 heteroatoms. The third kappa shape index (κ3) is 3.34. The van der Waals surface area contributed by atoms with Gasteiger partial charge in [-0.3, -0.25) is 0 Å². The molecule has 0 aliphatic heterocycles. The van der Waals surface area contributed by atoms with Crippen molar-refractivity contribution in [3.8, 4) is 0 Å². The zero-order chi connectivity index (χ0) is 15.8. The molecule has 0 atom stereocenters. The zero-order valence-corrected chi connectivity index (χ0v) is 13.1. The lowest BCUT2D eigenvalue weighted by Crippen LogP contribution is -2.15. The Morgan fingerprint density at radius 1 is 1.00 bits per heavy atom. The Bertz CT molecular complexity index is 799. The van der Waals surface area contributed by atoms with E-state index in [0.29, 0.717) is 16.9 Å². The van der Waals surface area contributed by atoms with Crippen molar-refractivity contribution >= 4 is 27.1 Å². The van der Waals surface area contributed by atoms with E-state index in [1.165, 1.54) is 6.07 Å². The van der Waals surface area contributed by atoms with E-state index in [-0.39, 0.29) is 4.90 Å². The SMILES string of the molecule is Cc1ccc(C)c(Nc2cc(N)cc(S(N)(=O)=O)c2C)c1. The smallest absolute Gasteiger partial charge is 0.238 e. The van der Waals surface area contributed by atoms with Crippen LogP contribution in [0, 0.1) is 20.8 Å². The van der Waals surface area contributed by atoms with Crippen molar-refractivity contribution in [2.24, 2.45) is 5.14 Å². The maximum atomic E-state index is 11.6. The molecular weight excluding hydrogens is 286 g/mol. The summed E-state index contributed by atoms with van der Waals surface area (Å²) in [4.78, 5) is 0.0373. The second-order valence-electron chi connectivity index (χ2n) is 5.18. The molecule has 5 N–H and O–H groups in total. The molecule has 0 bridgehead atoms. The van der Waals surface area contributed by atoms with Gasteiger partial charge in [0.1, 0.15) is 0 Å².